The largest absolute Gasteiger partial charge is 0.467 e. The average molecular weight is 374 g/mol. The average Bonchev–Trinajstić information content (AvgIpc) is 2.68. The Balaban J connectivity index is 2.08. The minimum atomic E-state index is -0.827. The van der Waals surface area contributed by atoms with Crippen LogP contribution in [0, 0.1) is 5.92 Å². The number of fused-ring (bicyclic) bond motifs is 1. The number of nitrogens with one attached hydrogen (secondary N) is 2. The zero-order valence-electron chi connectivity index (χ0n) is 15.4. The predicted octanol–water partition coefficient (Wildman–Crippen LogP) is 1.39. The van der Waals surface area contributed by atoms with E-state index < -0.39 is 36.1 Å². The summed E-state index contributed by atoms with van der Waals surface area (Å²) in [4.78, 5) is 50.6. The molecule has 0 aliphatic heterocycles. The maximum absolute atomic E-state index is 12.3. The van der Waals surface area contributed by atoms with Crippen LogP contribution < -0.4 is 10.9 Å². The van der Waals surface area contributed by atoms with E-state index in [1.807, 2.05) is 6.92 Å². The molecule has 144 valence electrons. The number of para-hydroxylation sites is 1. The first-order chi connectivity index (χ1) is 12.9. The summed E-state index contributed by atoms with van der Waals surface area (Å²) in [6.07, 6.45) is 0.651. The predicted molar refractivity (Wildman–Crippen MR) is 98.3 cm³/mol. The van der Waals surface area contributed by atoms with E-state index in [1.54, 1.807) is 31.2 Å². The Kier molecular flexibility index (Phi) is 6.70. The van der Waals surface area contributed by atoms with E-state index in [0.29, 0.717) is 17.3 Å². The lowest BCUT2D eigenvalue weighted by molar-refractivity contribution is -0.147. The number of benzene rings is 1. The van der Waals surface area contributed by atoms with Gasteiger partial charge in [-0.1, -0.05) is 38.5 Å². The molecule has 27 heavy (non-hydrogen) atoms. The highest BCUT2D eigenvalue weighted by Crippen LogP contribution is 2.15. The lowest BCUT2D eigenvalue weighted by atomic mass is 9.99. The van der Waals surface area contributed by atoms with Gasteiger partial charge in [0.25, 0.3) is 5.91 Å². The van der Waals surface area contributed by atoms with Crippen molar-refractivity contribution in [2.24, 2.45) is 5.92 Å². The highest BCUT2D eigenvalue weighted by molar-refractivity contribution is 6.03. The minimum absolute atomic E-state index is 0.0635. The second kappa shape index (κ2) is 8.98. The molecule has 8 nitrogen and oxygen atoms in total. The van der Waals surface area contributed by atoms with Gasteiger partial charge in [0.05, 0.1) is 12.7 Å². The third-order valence-electron chi connectivity index (χ3n) is 4.29. The molecule has 1 aromatic heterocycles. The Labute approximate surface area is 155 Å². The second-order valence-electron chi connectivity index (χ2n) is 6.12. The van der Waals surface area contributed by atoms with Gasteiger partial charge in [-0.25, -0.2) is 9.59 Å². The van der Waals surface area contributed by atoms with Gasteiger partial charge >= 0.3 is 11.9 Å². The molecular weight excluding hydrogens is 352 g/mol. The van der Waals surface area contributed by atoms with Crippen molar-refractivity contribution in [1.82, 2.24) is 10.3 Å². The second-order valence-corrected chi connectivity index (χ2v) is 6.12. The molecule has 2 rings (SSSR count). The van der Waals surface area contributed by atoms with Crippen molar-refractivity contribution in [1.29, 1.82) is 0 Å². The quantitative estimate of drug-likeness (QED) is 0.708. The number of methoxy groups -OCH3 is 1. The van der Waals surface area contributed by atoms with Gasteiger partial charge in [-0.05, 0) is 12.0 Å². The molecule has 1 aromatic carbocycles. The molecule has 0 unspecified atom stereocenters. The fourth-order valence-corrected chi connectivity index (χ4v) is 2.59. The molecule has 1 heterocycles. The van der Waals surface area contributed by atoms with Crippen LogP contribution in [0.1, 0.15) is 30.6 Å². The first-order valence-corrected chi connectivity index (χ1v) is 8.53. The molecule has 0 saturated carbocycles. The molecule has 0 aliphatic carbocycles. The van der Waals surface area contributed by atoms with Gasteiger partial charge in [0, 0.05) is 17.0 Å². The summed E-state index contributed by atoms with van der Waals surface area (Å²) >= 11 is 0. The number of amides is 1. The Morgan fingerprint density at radius 2 is 1.93 bits per heavy atom. The summed E-state index contributed by atoms with van der Waals surface area (Å²) in [5.41, 5.74) is 0.102. The molecule has 0 aliphatic rings. The number of aromatic nitrogens is 1. The maximum Gasteiger partial charge on any atom is 0.339 e. The number of H-pyrrole nitrogens is 1. The van der Waals surface area contributed by atoms with Crippen LogP contribution in [0.5, 0.6) is 0 Å². The van der Waals surface area contributed by atoms with Gasteiger partial charge in [0.1, 0.15) is 6.04 Å². The van der Waals surface area contributed by atoms with Crippen LogP contribution in [0.2, 0.25) is 0 Å². The van der Waals surface area contributed by atoms with Gasteiger partial charge in [-0.3, -0.25) is 9.59 Å². The van der Waals surface area contributed by atoms with Crippen molar-refractivity contribution < 1.29 is 23.9 Å². The number of hydrogen-bond donors (Lipinski definition) is 2. The van der Waals surface area contributed by atoms with Crippen molar-refractivity contribution in [2.45, 2.75) is 26.3 Å². The van der Waals surface area contributed by atoms with Crippen molar-refractivity contribution in [3.63, 3.8) is 0 Å². The topological polar surface area (TPSA) is 115 Å². The lowest BCUT2D eigenvalue weighted by Gasteiger charge is -2.21. The van der Waals surface area contributed by atoms with Gasteiger partial charge in [0.15, 0.2) is 6.61 Å². The SMILES string of the molecule is CC[C@H](C)[C@H](NC(=O)COC(=O)c1cc(=O)[nH]c2ccccc12)C(=O)OC. The summed E-state index contributed by atoms with van der Waals surface area (Å²) < 4.78 is 9.72. The molecule has 8 heteroatoms. The smallest absolute Gasteiger partial charge is 0.339 e. The standard InChI is InChI=1S/C19H22N2O6/c1-4-11(2)17(19(25)26-3)21-16(23)10-27-18(24)13-9-15(22)20-14-8-6-5-7-12(13)14/h5-9,11,17H,4,10H2,1-3H3,(H,20,22)(H,21,23)/t11-,17-/m0/s1. The number of carbonyl (C=O) groups is 3. The number of rotatable bonds is 7. The van der Waals surface area contributed by atoms with E-state index >= 15 is 0 Å². The van der Waals surface area contributed by atoms with Crippen LogP contribution in [-0.4, -0.2) is 42.6 Å². The molecule has 0 radical (unpaired) electrons. The molecule has 1 amide bonds. The van der Waals surface area contributed by atoms with Crippen molar-refractivity contribution >= 4 is 28.7 Å². The summed E-state index contributed by atoms with van der Waals surface area (Å²) in [6.45, 7) is 3.10. The van der Waals surface area contributed by atoms with Crippen LogP contribution in [-0.2, 0) is 19.1 Å². The number of aromatic amines is 1. The van der Waals surface area contributed by atoms with Gasteiger partial charge in [-0.15, -0.1) is 0 Å². The minimum Gasteiger partial charge on any atom is -0.467 e. The fourth-order valence-electron chi connectivity index (χ4n) is 2.59. The van der Waals surface area contributed by atoms with E-state index in [-0.39, 0.29) is 11.5 Å². The number of pyridine rings is 1. The van der Waals surface area contributed by atoms with Gasteiger partial charge in [-0.2, -0.15) is 0 Å². The van der Waals surface area contributed by atoms with E-state index in [0.717, 1.165) is 6.07 Å². The van der Waals surface area contributed by atoms with Crippen LogP contribution in [0.3, 0.4) is 0 Å². The summed E-state index contributed by atoms with van der Waals surface area (Å²) in [7, 11) is 1.24. The van der Waals surface area contributed by atoms with E-state index in [4.69, 9.17) is 9.47 Å². The van der Waals surface area contributed by atoms with E-state index in [9.17, 15) is 19.2 Å². The molecule has 0 fully saturated rings. The number of carbonyl (C=O) groups excluding carboxylic acids is 3. The molecule has 2 N–H and O–H groups in total. The molecule has 0 saturated heterocycles. The third-order valence-corrected chi connectivity index (χ3v) is 4.29. The van der Waals surface area contributed by atoms with E-state index in [2.05, 4.69) is 10.3 Å². The molecule has 0 spiro atoms. The number of esters is 2. The third kappa shape index (κ3) is 4.93. The number of hydrogen-bond acceptors (Lipinski definition) is 6. The molecule has 0 bridgehead atoms. The Morgan fingerprint density at radius 3 is 2.59 bits per heavy atom. The normalized spacial score (nSPS) is 12.9. The molecule has 2 aromatic rings. The molecular formula is C19H22N2O6. The van der Waals surface area contributed by atoms with Crippen molar-refractivity contribution in [2.75, 3.05) is 13.7 Å². The van der Waals surface area contributed by atoms with E-state index in [1.165, 1.54) is 7.11 Å². The Morgan fingerprint density at radius 1 is 1.22 bits per heavy atom. The van der Waals surface area contributed by atoms with Gasteiger partial charge in [0.2, 0.25) is 5.56 Å². The van der Waals surface area contributed by atoms with Crippen LogP contribution in [0.25, 0.3) is 10.9 Å². The van der Waals surface area contributed by atoms with Crippen LogP contribution in [0.4, 0.5) is 0 Å². The summed E-state index contributed by atoms with van der Waals surface area (Å²) in [5.74, 6) is -2.14. The lowest BCUT2D eigenvalue weighted by Crippen LogP contribution is -2.47. The first kappa shape index (κ1) is 20.2. The zero-order valence-corrected chi connectivity index (χ0v) is 15.4. The van der Waals surface area contributed by atoms with Crippen molar-refractivity contribution in [3.8, 4) is 0 Å². The highest BCUT2D eigenvalue weighted by Gasteiger charge is 2.27. The first-order valence-electron chi connectivity index (χ1n) is 8.53. The fraction of sp³-hybridized carbons (Fsp3) is 0.368. The monoisotopic (exact) mass is 374 g/mol. The maximum atomic E-state index is 12.3. The number of ether oxygens (including phenoxy) is 2. The van der Waals surface area contributed by atoms with Crippen molar-refractivity contribution in [3.05, 3.63) is 46.2 Å². The summed E-state index contributed by atoms with van der Waals surface area (Å²) in [5, 5.41) is 3.02. The zero-order chi connectivity index (χ0) is 20.0. The molecule has 2 atom stereocenters. The van der Waals surface area contributed by atoms with Gasteiger partial charge < -0.3 is 19.8 Å². The van der Waals surface area contributed by atoms with Crippen LogP contribution >= 0.6 is 0 Å². The van der Waals surface area contributed by atoms with Crippen LogP contribution in [0.15, 0.2) is 35.1 Å². The summed E-state index contributed by atoms with van der Waals surface area (Å²) in [6, 6.07) is 7.07. The Bertz CT molecular complexity index is 904. The Hall–Kier alpha value is -3.16. The highest BCUT2D eigenvalue weighted by atomic mass is 16.5.